The fourth-order valence-electron chi connectivity index (χ4n) is 2.36. The third kappa shape index (κ3) is 4.09. The Morgan fingerprint density at radius 2 is 2.04 bits per heavy atom. The lowest BCUT2D eigenvalue weighted by Crippen LogP contribution is -2.19. The molecule has 0 saturated carbocycles. The van der Waals surface area contributed by atoms with E-state index in [9.17, 15) is 4.79 Å². The van der Waals surface area contributed by atoms with Crippen molar-refractivity contribution < 1.29 is 14.3 Å². The van der Waals surface area contributed by atoms with Gasteiger partial charge < -0.3 is 14.8 Å². The minimum Gasteiger partial charge on any atom is -0.454 e. The van der Waals surface area contributed by atoms with E-state index in [-0.39, 0.29) is 24.7 Å². The van der Waals surface area contributed by atoms with Crippen LogP contribution in [0.25, 0.3) is 0 Å². The third-order valence-electron chi connectivity index (χ3n) is 3.54. The molecular formula is C16H19N5O3. The molecule has 1 aliphatic heterocycles. The zero-order valence-electron chi connectivity index (χ0n) is 13.6. The first-order valence-electron chi connectivity index (χ1n) is 7.72. The number of amides is 1. The van der Waals surface area contributed by atoms with Crippen LogP contribution >= 0.6 is 0 Å². The van der Waals surface area contributed by atoms with Crippen LogP contribution in [-0.4, -0.2) is 33.7 Å². The lowest BCUT2D eigenvalue weighted by molar-refractivity contribution is -0.114. The third-order valence-corrected chi connectivity index (χ3v) is 3.54. The summed E-state index contributed by atoms with van der Waals surface area (Å²) >= 11 is 0. The zero-order chi connectivity index (χ0) is 16.9. The predicted octanol–water partition coefficient (Wildman–Crippen LogP) is 1.99. The van der Waals surface area contributed by atoms with Crippen LogP contribution in [0.4, 0.5) is 11.9 Å². The lowest BCUT2D eigenvalue weighted by Gasteiger charge is -2.14. The first kappa shape index (κ1) is 16.0. The van der Waals surface area contributed by atoms with Crippen LogP contribution in [0.1, 0.15) is 25.8 Å². The molecule has 1 unspecified atom stereocenters. The van der Waals surface area contributed by atoms with Gasteiger partial charge in [0, 0.05) is 13.0 Å². The molecule has 0 saturated heterocycles. The number of benzene rings is 1. The average molecular weight is 329 g/mol. The van der Waals surface area contributed by atoms with Crippen LogP contribution in [0, 0.1) is 0 Å². The zero-order valence-corrected chi connectivity index (χ0v) is 13.6. The monoisotopic (exact) mass is 329 g/mol. The largest absolute Gasteiger partial charge is 0.454 e. The summed E-state index contributed by atoms with van der Waals surface area (Å²) in [7, 11) is 0. The minimum atomic E-state index is -0.219. The molecule has 8 nitrogen and oxygen atoms in total. The van der Waals surface area contributed by atoms with Crippen molar-refractivity contribution in [1.82, 2.24) is 15.0 Å². The summed E-state index contributed by atoms with van der Waals surface area (Å²) in [5.74, 6) is 2.05. The number of aryl methyl sites for hydroxylation is 1. The second-order valence-electron chi connectivity index (χ2n) is 5.59. The topological polar surface area (TPSA) is 98.3 Å². The second kappa shape index (κ2) is 7.12. The summed E-state index contributed by atoms with van der Waals surface area (Å²) in [6.45, 7) is 3.74. The number of fused-ring (bicyclic) bond motifs is 1. The molecular weight excluding hydrogens is 310 g/mol. The van der Waals surface area contributed by atoms with Crippen molar-refractivity contribution in [2.24, 2.45) is 0 Å². The van der Waals surface area contributed by atoms with Crippen molar-refractivity contribution in [3.63, 3.8) is 0 Å². The molecule has 0 spiro atoms. The molecule has 0 fully saturated rings. The summed E-state index contributed by atoms with van der Waals surface area (Å²) in [4.78, 5) is 23.2. The van der Waals surface area contributed by atoms with Crippen LogP contribution < -0.4 is 20.1 Å². The number of aromatic nitrogens is 3. The molecule has 0 bridgehead atoms. The first-order chi connectivity index (χ1) is 11.6. The standard InChI is InChI=1S/C16H19N5O3/c1-10(19-15-17-8-18-16(21-15)20-11(2)22)3-4-12-5-6-13-14(7-12)24-9-23-13/h5-8,10H,3-4,9H2,1-2H3,(H2,17,18,19,20,21,22). The van der Waals surface area contributed by atoms with Crippen molar-refractivity contribution in [3.05, 3.63) is 30.1 Å². The van der Waals surface area contributed by atoms with Gasteiger partial charge in [-0.3, -0.25) is 10.1 Å². The molecule has 2 aromatic rings. The maximum atomic E-state index is 11.0. The van der Waals surface area contributed by atoms with Gasteiger partial charge in [0.05, 0.1) is 0 Å². The number of carbonyl (C=O) groups excluding carboxylic acids is 1. The Balaban J connectivity index is 1.54. The van der Waals surface area contributed by atoms with Crippen molar-refractivity contribution in [2.45, 2.75) is 32.7 Å². The lowest BCUT2D eigenvalue weighted by atomic mass is 10.1. The maximum absolute atomic E-state index is 11.0. The van der Waals surface area contributed by atoms with Crippen LogP contribution in [-0.2, 0) is 11.2 Å². The fourth-order valence-corrected chi connectivity index (χ4v) is 2.36. The number of hydrogen-bond donors (Lipinski definition) is 2. The van der Waals surface area contributed by atoms with E-state index in [4.69, 9.17) is 9.47 Å². The summed E-state index contributed by atoms with van der Waals surface area (Å²) in [6.07, 6.45) is 3.14. The highest BCUT2D eigenvalue weighted by Gasteiger charge is 2.13. The Morgan fingerprint density at radius 1 is 1.25 bits per heavy atom. The molecule has 1 aromatic heterocycles. The molecule has 1 atom stereocenters. The van der Waals surface area contributed by atoms with E-state index in [1.807, 2.05) is 18.2 Å². The smallest absolute Gasteiger partial charge is 0.234 e. The molecule has 1 aromatic carbocycles. The van der Waals surface area contributed by atoms with E-state index in [2.05, 4.69) is 32.5 Å². The Morgan fingerprint density at radius 3 is 2.88 bits per heavy atom. The number of ether oxygens (including phenoxy) is 2. The van der Waals surface area contributed by atoms with Crippen molar-refractivity contribution in [2.75, 3.05) is 17.4 Å². The molecule has 24 heavy (non-hydrogen) atoms. The van der Waals surface area contributed by atoms with E-state index in [0.717, 1.165) is 24.3 Å². The van der Waals surface area contributed by atoms with Gasteiger partial charge in [0.2, 0.25) is 24.6 Å². The Labute approximate surface area is 139 Å². The van der Waals surface area contributed by atoms with E-state index < -0.39 is 0 Å². The van der Waals surface area contributed by atoms with Crippen LogP contribution in [0.5, 0.6) is 11.5 Å². The minimum absolute atomic E-state index is 0.156. The van der Waals surface area contributed by atoms with Crippen molar-refractivity contribution in [1.29, 1.82) is 0 Å². The summed E-state index contributed by atoms with van der Waals surface area (Å²) in [5, 5.41) is 5.74. The second-order valence-corrected chi connectivity index (χ2v) is 5.59. The van der Waals surface area contributed by atoms with Gasteiger partial charge in [0.25, 0.3) is 0 Å². The molecule has 3 rings (SSSR count). The SMILES string of the molecule is CC(=O)Nc1ncnc(NC(C)CCc2ccc3c(c2)OCO3)n1. The summed E-state index contributed by atoms with van der Waals surface area (Å²) in [5.41, 5.74) is 1.18. The molecule has 8 heteroatoms. The number of nitrogens with one attached hydrogen (secondary N) is 2. The quantitative estimate of drug-likeness (QED) is 0.836. The molecule has 126 valence electrons. The van der Waals surface area contributed by atoms with Gasteiger partial charge in [0.1, 0.15) is 6.33 Å². The van der Waals surface area contributed by atoms with Gasteiger partial charge in [-0.15, -0.1) is 0 Å². The van der Waals surface area contributed by atoms with Crippen LogP contribution in [0.15, 0.2) is 24.5 Å². The van der Waals surface area contributed by atoms with Crippen molar-refractivity contribution >= 4 is 17.8 Å². The van der Waals surface area contributed by atoms with Gasteiger partial charge in [-0.1, -0.05) is 6.07 Å². The highest BCUT2D eigenvalue weighted by atomic mass is 16.7. The van der Waals surface area contributed by atoms with E-state index in [1.54, 1.807) is 0 Å². The van der Waals surface area contributed by atoms with Gasteiger partial charge >= 0.3 is 0 Å². The van der Waals surface area contributed by atoms with Crippen LogP contribution in [0.3, 0.4) is 0 Å². The number of carbonyl (C=O) groups is 1. The van der Waals surface area contributed by atoms with Gasteiger partial charge in [-0.05, 0) is 37.5 Å². The fraction of sp³-hybridized carbons (Fsp3) is 0.375. The molecule has 1 amide bonds. The molecule has 2 N–H and O–H groups in total. The number of rotatable bonds is 6. The summed E-state index contributed by atoms with van der Waals surface area (Å²) in [6, 6.07) is 6.13. The molecule has 0 aliphatic carbocycles. The number of hydrogen-bond acceptors (Lipinski definition) is 7. The molecule has 0 radical (unpaired) electrons. The van der Waals surface area contributed by atoms with Crippen molar-refractivity contribution in [3.8, 4) is 11.5 Å². The highest BCUT2D eigenvalue weighted by molar-refractivity contribution is 5.86. The first-order valence-corrected chi connectivity index (χ1v) is 7.72. The number of anilines is 2. The normalized spacial score (nSPS) is 13.4. The molecule has 2 heterocycles. The summed E-state index contributed by atoms with van der Waals surface area (Å²) < 4.78 is 10.7. The van der Waals surface area contributed by atoms with Gasteiger partial charge in [0.15, 0.2) is 11.5 Å². The highest BCUT2D eigenvalue weighted by Crippen LogP contribution is 2.32. The Kier molecular flexibility index (Phi) is 4.74. The average Bonchev–Trinajstić information content (AvgIpc) is 3.00. The number of nitrogens with zero attached hydrogens (tertiary/aromatic N) is 3. The van der Waals surface area contributed by atoms with Gasteiger partial charge in [-0.2, -0.15) is 4.98 Å². The molecule has 1 aliphatic rings. The van der Waals surface area contributed by atoms with Crippen LogP contribution in [0.2, 0.25) is 0 Å². The van der Waals surface area contributed by atoms with Gasteiger partial charge in [-0.25, -0.2) is 9.97 Å². The van der Waals surface area contributed by atoms with E-state index >= 15 is 0 Å². The maximum Gasteiger partial charge on any atom is 0.234 e. The van der Waals surface area contributed by atoms with E-state index in [0.29, 0.717) is 5.95 Å². The predicted molar refractivity (Wildman–Crippen MR) is 88.1 cm³/mol. The Hall–Kier alpha value is -2.90. The Bertz CT molecular complexity index is 737. The van der Waals surface area contributed by atoms with E-state index in [1.165, 1.54) is 18.8 Å².